The first kappa shape index (κ1) is 11.0. The minimum absolute atomic E-state index is 0.174. The largest absolute Gasteiger partial charge is 0.378 e. The molecule has 0 aromatic carbocycles. The summed E-state index contributed by atoms with van der Waals surface area (Å²) in [5, 5.41) is 4.05. The van der Waals surface area contributed by atoms with Crippen molar-refractivity contribution in [2.24, 2.45) is 5.73 Å². The van der Waals surface area contributed by atoms with Crippen molar-refractivity contribution in [3.63, 3.8) is 0 Å². The molecule has 0 radical (unpaired) electrons. The van der Waals surface area contributed by atoms with E-state index in [0.717, 1.165) is 45.6 Å². The summed E-state index contributed by atoms with van der Waals surface area (Å²) >= 11 is 0. The number of hydrogen-bond acceptors (Lipinski definition) is 6. The third-order valence-electron chi connectivity index (χ3n) is 3.61. The van der Waals surface area contributed by atoms with Crippen molar-refractivity contribution >= 4 is 5.95 Å². The number of anilines is 1. The van der Waals surface area contributed by atoms with Crippen LogP contribution in [0, 0.1) is 0 Å². The molecule has 1 aliphatic heterocycles. The maximum atomic E-state index is 6.04. The molecular weight excluding hydrogens is 220 g/mol. The monoisotopic (exact) mass is 238 g/mol. The topological polar surface area (TPSA) is 77.4 Å². The van der Waals surface area contributed by atoms with Crippen LogP contribution in [0.25, 0.3) is 0 Å². The van der Waals surface area contributed by atoms with E-state index in [0.29, 0.717) is 11.8 Å². The van der Waals surface area contributed by atoms with Crippen molar-refractivity contribution in [2.75, 3.05) is 31.2 Å². The Morgan fingerprint density at radius 2 is 2.06 bits per heavy atom. The van der Waals surface area contributed by atoms with Crippen molar-refractivity contribution in [2.45, 2.75) is 31.2 Å². The normalized spacial score (nSPS) is 29.8. The number of nitrogens with zero attached hydrogens (tertiary/aromatic N) is 3. The predicted octanol–water partition coefficient (Wildman–Crippen LogP) is 0.501. The number of morpholine rings is 1. The third-order valence-corrected chi connectivity index (χ3v) is 3.61. The van der Waals surface area contributed by atoms with E-state index in [2.05, 4.69) is 15.0 Å². The van der Waals surface area contributed by atoms with Crippen molar-refractivity contribution in [1.82, 2.24) is 10.1 Å². The summed E-state index contributed by atoms with van der Waals surface area (Å²) < 4.78 is 10.6. The van der Waals surface area contributed by atoms with Gasteiger partial charge in [-0.25, -0.2) is 0 Å². The highest BCUT2D eigenvalue weighted by molar-refractivity contribution is 5.28. The van der Waals surface area contributed by atoms with Crippen LogP contribution in [0.1, 0.15) is 31.1 Å². The van der Waals surface area contributed by atoms with Gasteiger partial charge in [-0.3, -0.25) is 0 Å². The van der Waals surface area contributed by atoms with Crippen LogP contribution in [0.2, 0.25) is 0 Å². The average molecular weight is 238 g/mol. The second-order valence-corrected chi connectivity index (χ2v) is 4.73. The fourth-order valence-corrected chi connectivity index (χ4v) is 2.56. The van der Waals surface area contributed by atoms with Crippen molar-refractivity contribution in [3.05, 3.63) is 5.89 Å². The lowest BCUT2D eigenvalue weighted by Crippen LogP contribution is -2.36. The molecule has 2 aliphatic rings. The quantitative estimate of drug-likeness (QED) is 0.808. The zero-order valence-electron chi connectivity index (χ0n) is 9.84. The lowest BCUT2D eigenvalue weighted by molar-refractivity contribution is 0.121. The summed E-state index contributed by atoms with van der Waals surface area (Å²) in [7, 11) is 0. The van der Waals surface area contributed by atoms with Crippen LogP contribution in [-0.4, -0.2) is 42.5 Å². The summed E-state index contributed by atoms with van der Waals surface area (Å²) in [6.45, 7) is 3.12. The molecule has 1 saturated heterocycles. The van der Waals surface area contributed by atoms with Crippen LogP contribution in [0.15, 0.2) is 4.52 Å². The Hall–Kier alpha value is -1.14. The molecule has 2 atom stereocenters. The first-order valence-corrected chi connectivity index (χ1v) is 6.26. The molecule has 0 bridgehead atoms. The highest BCUT2D eigenvalue weighted by Crippen LogP contribution is 2.33. The van der Waals surface area contributed by atoms with Gasteiger partial charge in [-0.1, -0.05) is 6.42 Å². The average Bonchev–Trinajstić information content (AvgIpc) is 2.98. The Morgan fingerprint density at radius 3 is 2.76 bits per heavy atom. The minimum Gasteiger partial charge on any atom is -0.378 e. The predicted molar refractivity (Wildman–Crippen MR) is 61.9 cm³/mol. The van der Waals surface area contributed by atoms with Gasteiger partial charge in [-0.2, -0.15) is 4.98 Å². The zero-order chi connectivity index (χ0) is 11.7. The second-order valence-electron chi connectivity index (χ2n) is 4.73. The SMILES string of the molecule is NC1CCCC1c1nc(N2CCOCC2)no1. The lowest BCUT2D eigenvalue weighted by atomic mass is 10.1. The minimum atomic E-state index is 0.174. The van der Waals surface area contributed by atoms with Crippen LogP contribution in [0.4, 0.5) is 5.95 Å². The molecule has 0 spiro atoms. The van der Waals surface area contributed by atoms with E-state index in [1.165, 1.54) is 0 Å². The first-order chi connectivity index (χ1) is 8.34. The Bertz CT molecular complexity index is 375. The van der Waals surface area contributed by atoms with Crippen molar-refractivity contribution < 1.29 is 9.26 Å². The molecule has 0 amide bonds. The summed E-state index contributed by atoms with van der Waals surface area (Å²) in [6.07, 6.45) is 3.27. The van der Waals surface area contributed by atoms with Crippen LogP contribution < -0.4 is 10.6 Å². The number of ether oxygens (including phenoxy) is 1. The lowest BCUT2D eigenvalue weighted by Gasteiger charge is -2.24. The van der Waals surface area contributed by atoms with Gasteiger partial charge in [0.1, 0.15) is 0 Å². The van der Waals surface area contributed by atoms with Gasteiger partial charge in [0.2, 0.25) is 5.89 Å². The number of nitrogens with two attached hydrogens (primary N) is 1. The van der Waals surface area contributed by atoms with E-state index >= 15 is 0 Å². The molecule has 2 heterocycles. The van der Waals surface area contributed by atoms with E-state index in [1.807, 2.05) is 0 Å². The molecule has 6 heteroatoms. The van der Waals surface area contributed by atoms with E-state index < -0.39 is 0 Å². The van der Waals surface area contributed by atoms with Gasteiger partial charge in [0.15, 0.2) is 0 Å². The molecule has 2 fully saturated rings. The fraction of sp³-hybridized carbons (Fsp3) is 0.818. The van der Waals surface area contributed by atoms with Crippen LogP contribution in [0.3, 0.4) is 0 Å². The molecule has 6 nitrogen and oxygen atoms in total. The first-order valence-electron chi connectivity index (χ1n) is 6.26. The van der Waals surface area contributed by atoms with Crippen LogP contribution in [0.5, 0.6) is 0 Å². The maximum Gasteiger partial charge on any atom is 0.266 e. The maximum absolute atomic E-state index is 6.04. The highest BCUT2D eigenvalue weighted by atomic mass is 16.5. The van der Waals surface area contributed by atoms with E-state index in [1.54, 1.807) is 0 Å². The van der Waals surface area contributed by atoms with E-state index in [4.69, 9.17) is 15.0 Å². The molecule has 1 aromatic rings. The zero-order valence-corrected chi connectivity index (χ0v) is 9.84. The van der Waals surface area contributed by atoms with Crippen molar-refractivity contribution in [1.29, 1.82) is 0 Å². The Balaban J connectivity index is 1.73. The van der Waals surface area contributed by atoms with Gasteiger partial charge in [0.25, 0.3) is 5.95 Å². The molecule has 1 saturated carbocycles. The van der Waals surface area contributed by atoms with Gasteiger partial charge < -0.3 is 19.9 Å². The molecule has 17 heavy (non-hydrogen) atoms. The Morgan fingerprint density at radius 1 is 1.24 bits per heavy atom. The van der Waals surface area contributed by atoms with Gasteiger partial charge >= 0.3 is 0 Å². The van der Waals surface area contributed by atoms with E-state index in [9.17, 15) is 0 Å². The van der Waals surface area contributed by atoms with Gasteiger partial charge in [-0.05, 0) is 18.0 Å². The molecule has 2 unspecified atom stereocenters. The van der Waals surface area contributed by atoms with Crippen molar-refractivity contribution in [3.8, 4) is 0 Å². The summed E-state index contributed by atoms with van der Waals surface area (Å²) in [4.78, 5) is 6.57. The highest BCUT2D eigenvalue weighted by Gasteiger charge is 2.31. The fourth-order valence-electron chi connectivity index (χ4n) is 2.56. The number of rotatable bonds is 2. The molecule has 1 aliphatic carbocycles. The molecule has 94 valence electrons. The molecule has 2 N–H and O–H groups in total. The summed E-state index contributed by atoms with van der Waals surface area (Å²) in [5.74, 6) is 1.64. The molecule has 3 rings (SSSR count). The van der Waals surface area contributed by atoms with Gasteiger partial charge in [0, 0.05) is 19.1 Å². The van der Waals surface area contributed by atoms with Crippen LogP contribution >= 0.6 is 0 Å². The summed E-state index contributed by atoms with van der Waals surface area (Å²) in [6, 6.07) is 0.174. The van der Waals surface area contributed by atoms with Gasteiger partial charge in [0.05, 0.1) is 19.1 Å². The third kappa shape index (κ3) is 2.14. The number of aromatic nitrogens is 2. The van der Waals surface area contributed by atoms with Gasteiger partial charge in [-0.15, -0.1) is 0 Å². The summed E-state index contributed by atoms with van der Waals surface area (Å²) in [5.41, 5.74) is 6.04. The molecule has 1 aromatic heterocycles. The Kier molecular flexibility index (Phi) is 2.98. The molecular formula is C11H18N4O2. The Labute approximate surface area is 100 Å². The van der Waals surface area contributed by atoms with E-state index in [-0.39, 0.29) is 12.0 Å². The standard InChI is InChI=1S/C11H18N4O2/c12-9-3-1-2-8(9)10-13-11(14-17-10)15-4-6-16-7-5-15/h8-9H,1-7,12H2. The number of hydrogen-bond donors (Lipinski definition) is 1. The van der Waals surface area contributed by atoms with Crippen LogP contribution in [-0.2, 0) is 4.74 Å². The smallest absolute Gasteiger partial charge is 0.266 e. The second kappa shape index (κ2) is 4.62.